The van der Waals surface area contributed by atoms with Gasteiger partial charge >= 0.3 is 0 Å². The minimum Gasteiger partial charge on any atom is -0.351 e. The van der Waals surface area contributed by atoms with E-state index in [-0.39, 0.29) is 11.8 Å². The van der Waals surface area contributed by atoms with Gasteiger partial charge in [0.1, 0.15) is 0 Å². The van der Waals surface area contributed by atoms with Crippen LogP contribution in [0.2, 0.25) is 5.02 Å². The Balaban J connectivity index is 2.21. The molecule has 0 spiro atoms. The number of nitrogens with one attached hydrogen (secondary N) is 2. The Morgan fingerprint density at radius 1 is 1.09 bits per heavy atom. The molecule has 1 aliphatic rings. The monoisotopic (exact) mass is 342 g/mol. The second kappa shape index (κ2) is 6.52. The molecule has 0 fully saturated rings. The molecule has 1 heterocycles. The lowest BCUT2D eigenvalue weighted by atomic mass is 9.90. The molecule has 0 saturated heterocycles. The van der Waals surface area contributed by atoms with Crippen molar-refractivity contribution in [3.63, 3.8) is 0 Å². The lowest BCUT2D eigenvalue weighted by Gasteiger charge is -2.31. The summed E-state index contributed by atoms with van der Waals surface area (Å²) < 4.78 is 0. The molecule has 3 nitrogen and oxygen atoms in total. The van der Waals surface area contributed by atoms with E-state index in [0.29, 0.717) is 15.7 Å². The molecule has 2 aromatic carbocycles. The minimum absolute atomic E-state index is 0.0312. The van der Waals surface area contributed by atoms with Crippen LogP contribution in [0.15, 0.2) is 60.2 Å². The summed E-state index contributed by atoms with van der Waals surface area (Å²) >= 11 is 11.7. The third-order valence-electron chi connectivity index (χ3n) is 3.73. The van der Waals surface area contributed by atoms with Crippen LogP contribution in [0, 0.1) is 0 Å². The molecule has 23 heavy (non-hydrogen) atoms. The van der Waals surface area contributed by atoms with Crippen LogP contribution < -0.4 is 10.6 Å². The van der Waals surface area contributed by atoms with Crippen molar-refractivity contribution in [2.45, 2.75) is 13.0 Å². The van der Waals surface area contributed by atoms with Gasteiger partial charge in [-0.05, 0) is 36.3 Å². The molecule has 3 rings (SSSR count). The van der Waals surface area contributed by atoms with Crippen LogP contribution in [0.1, 0.15) is 24.1 Å². The Bertz CT molecular complexity index is 802. The number of benzene rings is 2. The van der Waals surface area contributed by atoms with Crippen molar-refractivity contribution in [2.75, 3.05) is 0 Å². The Hall–Kier alpha value is -2.17. The number of carbonyl (C=O) groups excluding carboxylic acids is 1. The fourth-order valence-electron chi connectivity index (χ4n) is 2.72. The standard InChI is InChI=1S/C18H15ClN2OS/c1-11(22)15-16(12-7-3-2-4-8-12)20-18(23)21-17(15)13-9-5-6-10-14(13)19/h2-10,17H,1H3,(H2,20,21,23)/t17-/m1/s1. The van der Waals surface area contributed by atoms with E-state index < -0.39 is 0 Å². The Kier molecular flexibility index (Phi) is 4.46. The van der Waals surface area contributed by atoms with E-state index in [4.69, 9.17) is 23.8 Å². The van der Waals surface area contributed by atoms with Gasteiger partial charge in [0.05, 0.1) is 11.7 Å². The zero-order chi connectivity index (χ0) is 16.4. The van der Waals surface area contributed by atoms with Gasteiger partial charge in [-0.15, -0.1) is 0 Å². The molecule has 5 heteroatoms. The molecular formula is C18H15ClN2OS. The highest BCUT2D eigenvalue weighted by Gasteiger charge is 2.31. The molecule has 0 bridgehead atoms. The highest BCUT2D eigenvalue weighted by atomic mass is 35.5. The van der Waals surface area contributed by atoms with Crippen LogP contribution in [0.3, 0.4) is 0 Å². The maximum absolute atomic E-state index is 12.4. The molecule has 0 amide bonds. The van der Waals surface area contributed by atoms with E-state index in [1.807, 2.05) is 54.6 Å². The van der Waals surface area contributed by atoms with Crippen LogP contribution in [0.25, 0.3) is 5.70 Å². The van der Waals surface area contributed by atoms with E-state index in [9.17, 15) is 4.79 Å². The molecule has 1 aliphatic heterocycles. The predicted molar refractivity (Wildman–Crippen MR) is 97.1 cm³/mol. The van der Waals surface area contributed by atoms with Crippen molar-refractivity contribution in [3.8, 4) is 0 Å². The molecular weight excluding hydrogens is 328 g/mol. The third kappa shape index (κ3) is 3.14. The summed E-state index contributed by atoms with van der Waals surface area (Å²) in [6.07, 6.45) is 0. The summed E-state index contributed by atoms with van der Waals surface area (Å²) in [6.45, 7) is 1.56. The number of Topliss-reactive ketones (excluding diaryl/α,β-unsaturated/α-hetero) is 1. The fourth-order valence-corrected chi connectivity index (χ4v) is 3.18. The van der Waals surface area contributed by atoms with Gasteiger partial charge in [-0.25, -0.2) is 0 Å². The average Bonchev–Trinajstić information content (AvgIpc) is 2.55. The van der Waals surface area contributed by atoms with Gasteiger partial charge in [0.25, 0.3) is 0 Å². The molecule has 0 aliphatic carbocycles. The summed E-state index contributed by atoms with van der Waals surface area (Å²) in [6, 6.07) is 16.8. The first kappa shape index (κ1) is 15.7. The van der Waals surface area contributed by atoms with Gasteiger partial charge in [-0.3, -0.25) is 4.79 Å². The first-order valence-corrected chi connectivity index (χ1v) is 7.99. The van der Waals surface area contributed by atoms with Crippen molar-refractivity contribution in [3.05, 3.63) is 76.3 Å². The topological polar surface area (TPSA) is 41.1 Å². The van der Waals surface area contributed by atoms with Gasteiger partial charge in [0, 0.05) is 10.6 Å². The predicted octanol–water partition coefficient (Wildman–Crippen LogP) is 3.86. The zero-order valence-electron chi connectivity index (χ0n) is 12.5. The fraction of sp³-hybridized carbons (Fsp3) is 0.111. The maximum atomic E-state index is 12.4. The Morgan fingerprint density at radius 2 is 1.74 bits per heavy atom. The number of hydrogen-bond donors (Lipinski definition) is 2. The normalized spacial score (nSPS) is 17.5. The van der Waals surface area contributed by atoms with Crippen LogP contribution >= 0.6 is 23.8 Å². The first-order chi connectivity index (χ1) is 11.1. The van der Waals surface area contributed by atoms with Crippen molar-refractivity contribution >= 4 is 40.4 Å². The van der Waals surface area contributed by atoms with Crippen molar-refractivity contribution in [1.29, 1.82) is 0 Å². The van der Waals surface area contributed by atoms with Crippen molar-refractivity contribution in [1.82, 2.24) is 10.6 Å². The van der Waals surface area contributed by atoms with Crippen molar-refractivity contribution < 1.29 is 4.79 Å². The Labute approximate surface area is 145 Å². The summed E-state index contributed by atoms with van der Waals surface area (Å²) in [4.78, 5) is 12.4. The largest absolute Gasteiger partial charge is 0.351 e. The lowest BCUT2D eigenvalue weighted by Crippen LogP contribution is -2.44. The molecule has 2 aromatic rings. The van der Waals surface area contributed by atoms with Gasteiger partial charge in [-0.1, -0.05) is 60.1 Å². The molecule has 0 aromatic heterocycles. The van der Waals surface area contributed by atoms with Crippen molar-refractivity contribution in [2.24, 2.45) is 0 Å². The smallest absolute Gasteiger partial charge is 0.171 e. The van der Waals surface area contributed by atoms with E-state index in [2.05, 4.69) is 10.6 Å². The first-order valence-electron chi connectivity index (χ1n) is 7.20. The van der Waals surface area contributed by atoms with Gasteiger partial charge in [0.2, 0.25) is 0 Å². The third-order valence-corrected chi connectivity index (χ3v) is 4.29. The van der Waals surface area contributed by atoms with Gasteiger partial charge in [-0.2, -0.15) is 0 Å². The number of ketones is 1. The quantitative estimate of drug-likeness (QED) is 0.831. The van der Waals surface area contributed by atoms with E-state index in [1.54, 1.807) is 6.92 Å². The number of carbonyl (C=O) groups is 1. The highest BCUT2D eigenvalue weighted by molar-refractivity contribution is 7.80. The molecule has 0 unspecified atom stereocenters. The molecule has 2 N–H and O–H groups in total. The number of rotatable bonds is 3. The number of thiocarbonyl (C=S) groups is 1. The highest BCUT2D eigenvalue weighted by Crippen LogP contribution is 2.34. The van der Waals surface area contributed by atoms with Crippen LogP contribution in [-0.2, 0) is 4.79 Å². The second-order valence-electron chi connectivity index (χ2n) is 5.26. The zero-order valence-corrected chi connectivity index (χ0v) is 14.0. The molecule has 0 saturated carbocycles. The van der Waals surface area contributed by atoms with Crippen LogP contribution in [0.5, 0.6) is 0 Å². The second-order valence-corrected chi connectivity index (χ2v) is 6.08. The van der Waals surface area contributed by atoms with Gasteiger partial charge in [0.15, 0.2) is 10.9 Å². The van der Waals surface area contributed by atoms with Crippen LogP contribution in [-0.4, -0.2) is 10.9 Å². The average molecular weight is 343 g/mol. The summed E-state index contributed by atoms with van der Waals surface area (Å²) in [5, 5.41) is 7.35. The van der Waals surface area contributed by atoms with E-state index in [1.165, 1.54) is 0 Å². The van der Waals surface area contributed by atoms with E-state index in [0.717, 1.165) is 16.8 Å². The molecule has 116 valence electrons. The van der Waals surface area contributed by atoms with Gasteiger partial charge < -0.3 is 10.6 Å². The van der Waals surface area contributed by atoms with E-state index >= 15 is 0 Å². The number of halogens is 1. The molecule has 1 atom stereocenters. The Morgan fingerprint density at radius 3 is 2.39 bits per heavy atom. The maximum Gasteiger partial charge on any atom is 0.171 e. The van der Waals surface area contributed by atoms with Crippen LogP contribution in [0.4, 0.5) is 0 Å². The molecule has 0 radical (unpaired) electrons. The summed E-state index contributed by atoms with van der Waals surface area (Å²) in [5.74, 6) is -0.0312. The number of hydrogen-bond acceptors (Lipinski definition) is 2. The summed E-state index contributed by atoms with van der Waals surface area (Å²) in [7, 11) is 0. The summed E-state index contributed by atoms with van der Waals surface area (Å²) in [5.41, 5.74) is 3.10. The lowest BCUT2D eigenvalue weighted by molar-refractivity contribution is -0.113. The SMILES string of the molecule is CC(=O)C1=C(c2ccccc2)NC(=S)N[C@@H]1c1ccccc1Cl. The minimum atomic E-state index is -0.370.